The molecule has 0 fully saturated rings. The summed E-state index contributed by atoms with van der Waals surface area (Å²) in [7, 11) is 1.37. The summed E-state index contributed by atoms with van der Waals surface area (Å²) in [5.74, 6) is -4.13. The van der Waals surface area contributed by atoms with Gasteiger partial charge in [0.2, 0.25) is 0 Å². The van der Waals surface area contributed by atoms with Crippen LogP contribution in [-0.2, 0) is 0 Å². The SMILES string of the molecule is COc1cnn(C(C)C)c1C(O)c1ccc(F)c(F)c1F. The van der Waals surface area contributed by atoms with Gasteiger partial charge in [0.15, 0.2) is 23.2 Å². The second-order valence-corrected chi connectivity index (χ2v) is 4.80. The third-order valence-electron chi connectivity index (χ3n) is 3.13. The first-order valence-electron chi connectivity index (χ1n) is 6.31. The molecule has 1 aromatic heterocycles. The standard InChI is InChI=1S/C14H15F3N2O2/c1-7(2)19-13(10(21-3)6-18-19)14(20)8-4-5-9(15)12(17)11(8)16/h4-7,14,20H,1-3H3. The van der Waals surface area contributed by atoms with Gasteiger partial charge in [-0.2, -0.15) is 5.10 Å². The van der Waals surface area contributed by atoms with E-state index in [1.807, 2.05) is 13.8 Å². The molecule has 1 N–H and O–H groups in total. The Balaban J connectivity index is 2.57. The lowest BCUT2D eigenvalue weighted by Gasteiger charge is -2.18. The number of methoxy groups -OCH3 is 1. The van der Waals surface area contributed by atoms with Crippen LogP contribution in [0.25, 0.3) is 0 Å². The third kappa shape index (κ3) is 2.61. The van der Waals surface area contributed by atoms with Crippen molar-refractivity contribution in [1.82, 2.24) is 9.78 Å². The highest BCUT2D eigenvalue weighted by Crippen LogP contribution is 2.33. The fourth-order valence-corrected chi connectivity index (χ4v) is 2.08. The van der Waals surface area contributed by atoms with E-state index in [2.05, 4.69) is 5.10 Å². The molecule has 1 aromatic carbocycles. The monoisotopic (exact) mass is 300 g/mol. The highest BCUT2D eigenvalue weighted by molar-refractivity contribution is 5.36. The number of hydrogen-bond donors (Lipinski definition) is 1. The maximum absolute atomic E-state index is 13.8. The molecular weight excluding hydrogens is 285 g/mol. The van der Waals surface area contributed by atoms with E-state index in [-0.39, 0.29) is 23.0 Å². The van der Waals surface area contributed by atoms with E-state index >= 15 is 0 Å². The highest BCUT2D eigenvalue weighted by atomic mass is 19.2. The molecule has 1 unspecified atom stereocenters. The molecule has 1 heterocycles. The van der Waals surface area contributed by atoms with Crippen LogP contribution in [-0.4, -0.2) is 22.0 Å². The quantitative estimate of drug-likeness (QED) is 0.883. The first kappa shape index (κ1) is 15.4. The summed E-state index contributed by atoms with van der Waals surface area (Å²) < 4.78 is 46.6. The lowest BCUT2D eigenvalue weighted by Crippen LogP contribution is -2.14. The number of ether oxygens (including phenoxy) is 1. The zero-order valence-electron chi connectivity index (χ0n) is 11.8. The summed E-state index contributed by atoms with van der Waals surface area (Å²) in [6, 6.07) is 1.63. The van der Waals surface area contributed by atoms with Crippen molar-refractivity contribution in [2.45, 2.75) is 26.0 Å². The van der Waals surface area contributed by atoms with E-state index < -0.39 is 23.6 Å². The van der Waals surface area contributed by atoms with Crippen molar-refractivity contribution in [1.29, 1.82) is 0 Å². The van der Waals surface area contributed by atoms with Gasteiger partial charge in [-0.15, -0.1) is 0 Å². The number of benzene rings is 1. The molecule has 21 heavy (non-hydrogen) atoms. The normalized spacial score (nSPS) is 12.8. The van der Waals surface area contributed by atoms with Crippen molar-refractivity contribution in [2.24, 2.45) is 0 Å². The summed E-state index contributed by atoms with van der Waals surface area (Å²) in [5, 5.41) is 14.4. The average molecular weight is 300 g/mol. The Labute approximate surface area is 119 Å². The number of aliphatic hydroxyl groups excluding tert-OH is 1. The Hall–Kier alpha value is -2.02. The Morgan fingerprint density at radius 1 is 1.19 bits per heavy atom. The summed E-state index contributed by atoms with van der Waals surface area (Å²) >= 11 is 0. The molecule has 0 aliphatic heterocycles. The van der Waals surface area contributed by atoms with Gasteiger partial charge < -0.3 is 9.84 Å². The van der Waals surface area contributed by atoms with Gasteiger partial charge in [0.05, 0.1) is 13.3 Å². The predicted octanol–water partition coefficient (Wildman–Crippen LogP) is 2.97. The van der Waals surface area contributed by atoms with E-state index in [1.165, 1.54) is 18.0 Å². The average Bonchev–Trinajstić information content (AvgIpc) is 2.88. The van der Waals surface area contributed by atoms with Crippen LogP contribution in [0.1, 0.15) is 37.3 Å². The third-order valence-corrected chi connectivity index (χ3v) is 3.13. The number of aliphatic hydroxyl groups is 1. The Morgan fingerprint density at radius 2 is 1.86 bits per heavy atom. The molecule has 0 radical (unpaired) electrons. The zero-order valence-corrected chi connectivity index (χ0v) is 11.8. The van der Waals surface area contributed by atoms with E-state index in [0.717, 1.165) is 12.1 Å². The van der Waals surface area contributed by atoms with Gasteiger partial charge in [0.25, 0.3) is 0 Å². The summed E-state index contributed by atoms with van der Waals surface area (Å²) in [4.78, 5) is 0. The smallest absolute Gasteiger partial charge is 0.194 e. The molecular formula is C14H15F3N2O2. The second kappa shape index (κ2) is 5.77. The molecule has 0 bridgehead atoms. The molecule has 2 aromatic rings. The highest BCUT2D eigenvalue weighted by Gasteiger charge is 2.27. The van der Waals surface area contributed by atoms with Crippen molar-refractivity contribution in [3.8, 4) is 5.75 Å². The van der Waals surface area contributed by atoms with Crippen LogP contribution < -0.4 is 4.74 Å². The number of hydrogen-bond acceptors (Lipinski definition) is 3. The fourth-order valence-electron chi connectivity index (χ4n) is 2.08. The Morgan fingerprint density at radius 3 is 2.43 bits per heavy atom. The molecule has 7 heteroatoms. The van der Waals surface area contributed by atoms with Crippen LogP contribution in [0.15, 0.2) is 18.3 Å². The van der Waals surface area contributed by atoms with Crippen molar-refractivity contribution in [3.05, 3.63) is 47.0 Å². The van der Waals surface area contributed by atoms with E-state index in [9.17, 15) is 18.3 Å². The Kier molecular flexibility index (Phi) is 4.22. The van der Waals surface area contributed by atoms with E-state index in [0.29, 0.717) is 0 Å². The molecule has 0 saturated heterocycles. The number of halogens is 3. The topological polar surface area (TPSA) is 47.3 Å². The lowest BCUT2D eigenvalue weighted by molar-refractivity contribution is 0.193. The molecule has 0 saturated carbocycles. The van der Waals surface area contributed by atoms with Crippen LogP contribution in [0.4, 0.5) is 13.2 Å². The number of nitrogens with zero attached hydrogens (tertiary/aromatic N) is 2. The maximum atomic E-state index is 13.8. The van der Waals surface area contributed by atoms with Crippen molar-refractivity contribution >= 4 is 0 Å². The molecule has 0 spiro atoms. The van der Waals surface area contributed by atoms with Crippen molar-refractivity contribution in [3.63, 3.8) is 0 Å². The predicted molar refractivity (Wildman–Crippen MR) is 69.5 cm³/mol. The fraction of sp³-hybridized carbons (Fsp3) is 0.357. The van der Waals surface area contributed by atoms with E-state index in [4.69, 9.17) is 4.74 Å². The van der Waals surface area contributed by atoms with Crippen LogP contribution >= 0.6 is 0 Å². The minimum Gasteiger partial charge on any atom is -0.493 e. The van der Waals surface area contributed by atoms with Crippen molar-refractivity contribution in [2.75, 3.05) is 7.11 Å². The largest absolute Gasteiger partial charge is 0.493 e. The lowest BCUT2D eigenvalue weighted by atomic mass is 10.0. The number of aromatic nitrogens is 2. The summed E-state index contributed by atoms with van der Waals surface area (Å²) in [6.07, 6.45) is -0.156. The first-order chi connectivity index (χ1) is 9.88. The van der Waals surface area contributed by atoms with Gasteiger partial charge in [0.1, 0.15) is 11.8 Å². The molecule has 0 aliphatic carbocycles. The van der Waals surface area contributed by atoms with Gasteiger partial charge in [-0.25, -0.2) is 13.2 Å². The minimum absolute atomic E-state index is 0.132. The Bertz CT molecular complexity index is 656. The number of rotatable bonds is 4. The van der Waals surface area contributed by atoms with E-state index in [1.54, 1.807) is 0 Å². The minimum atomic E-state index is -1.62. The van der Waals surface area contributed by atoms with Crippen LogP contribution in [0.3, 0.4) is 0 Å². The molecule has 2 rings (SSSR count). The van der Waals surface area contributed by atoms with Crippen LogP contribution in [0.5, 0.6) is 5.75 Å². The molecule has 114 valence electrons. The van der Waals surface area contributed by atoms with Gasteiger partial charge in [-0.1, -0.05) is 0 Å². The van der Waals surface area contributed by atoms with Gasteiger partial charge in [-0.3, -0.25) is 4.68 Å². The molecule has 4 nitrogen and oxygen atoms in total. The maximum Gasteiger partial charge on any atom is 0.194 e. The molecule has 1 atom stereocenters. The van der Waals surface area contributed by atoms with Gasteiger partial charge in [0, 0.05) is 11.6 Å². The summed E-state index contributed by atoms with van der Waals surface area (Å²) in [5.41, 5.74) is -0.202. The molecule has 0 aliphatic rings. The first-order valence-corrected chi connectivity index (χ1v) is 6.31. The van der Waals surface area contributed by atoms with Gasteiger partial charge in [-0.05, 0) is 26.0 Å². The van der Waals surface area contributed by atoms with Crippen LogP contribution in [0.2, 0.25) is 0 Å². The van der Waals surface area contributed by atoms with Crippen molar-refractivity contribution < 1.29 is 23.0 Å². The second-order valence-electron chi connectivity index (χ2n) is 4.80. The molecule has 0 amide bonds. The summed E-state index contributed by atoms with van der Waals surface area (Å²) in [6.45, 7) is 3.62. The van der Waals surface area contributed by atoms with Crippen LogP contribution in [0, 0.1) is 17.5 Å². The van der Waals surface area contributed by atoms with Gasteiger partial charge >= 0.3 is 0 Å². The zero-order chi connectivity index (χ0) is 15.7.